The van der Waals surface area contributed by atoms with E-state index in [2.05, 4.69) is 4.90 Å². The van der Waals surface area contributed by atoms with Gasteiger partial charge in [-0.2, -0.15) is 4.73 Å². The standard InChI is InChI=1S/C16H26N2O3S/c1-14-15(2)18(19)5-4-16(14)22-13-3-9-20-10-6-17-7-11-21-12-8-17/h4-5H,3,6-13H2,1-2H3. The summed E-state index contributed by atoms with van der Waals surface area (Å²) in [5.74, 6) is 1.01. The van der Waals surface area contributed by atoms with Gasteiger partial charge in [-0.1, -0.05) is 0 Å². The molecule has 0 amide bonds. The molecule has 0 spiro atoms. The van der Waals surface area contributed by atoms with Crippen molar-refractivity contribution in [2.45, 2.75) is 25.2 Å². The fourth-order valence-corrected chi connectivity index (χ4v) is 3.34. The number of ether oxygens (including phenoxy) is 2. The van der Waals surface area contributed by atoms with Crippen molar-refractivity contribution in [3.05, 3.63) is 28.7 Å². The molecule has 0 radical (unpaired) electrons. The van der Waals surface area contributed by atoms with E-state index >= 15 is 0 Å². The topological polar surface area (TPSA) is 48.6 Å². The van der Waals surface area contributed by atoms with E-state index in [1.165, 1.54) is 4.90 Å². The number of aromatic nitrogens is 1. The van der Waals surface area contributed by atoms with Crippen LogP contribution in [-0.4, -0.2) is 56.7 Å². The van der Waals surface area contributed by atoms with Gasteiger partial charge in [-0.15, -0.1) is 11.8 Å². The third kappa shape index (κ3) is 5.43. The Labute approximate surface area is 137 Å². The van der Waals surface area contributed by atoms with Crippen LogP contribution in [0.2, 0.25) is 0 Å². The highest BCUT2D eigenvalue weighted by atomic mass is 32.2. The van der Waals surface area contributed by atoms with Gasteiger partial charge in [0, 0.05) is 55.4 Å². The van der Waals surface area contributed by atoms with E-state index in [1.54, 1.807) is 18.0 Å². The molecular weight excluding hydrogens is 300 g/mol. The first kappa shape index (κ1) is 17.5. The number of rotatable bonds is 8. The second-order valence-electron chi connectivity index (χ2n) is 5.48. The van der Waals surface area contributed by atoms with Crippen LogP contribution in [0.15, 0.2) is 17.2 Å². The number of thioether (sulfide) groups is 1. The molecule has 124 valence electrons. The summed E-state index contributed by atoms with van der Waals surface area (Å²) in [4.78, 5) is 3.57. The maximum absolute atomic E-state index is 11.4. The van der Waals surface area contributed by atoms with Gasteiger partial charge in [0.2, 0.25) is 0 Å². The van der Waals surface area contributed by atoms with Gasteiger partial charge >= 0.3 is 0 Å². The Bertz CT molecular complexity index is 465. The van der Waals surface area contributed by atoms with Gasteiger partial charge in [0.15, 0.2) is 11.9 Å². The summed E-state index contributed by atoms with van der Waals surface area (Å²) >= 11 is 1.80. The highest BCUT2D eigenvalue weighted by Crippen LogP contribution is 2.23. The Balaban J connectivity index is 1.55. The van der Waals surface area contributed by atoms with Crippen LogP contribution in [0, 0.1) is 19.1 Å². The Morgan fingerprint density at radius 3 is 2.86 bits per heavy atom. The molecule has 1 saturated heterocycles. The molecular formula is C16H26N2O3S. The fraction of sp³-hybridized carbons (Fsp3) is 0.688. The van der Waals surface area contributed by atoms with Crippen molar-refractivity contribution in [1.82, 2.24) is 4.90 Å². The van der Waals surface area contributed by atoms with Crippen molar-refractivity contribution in [3.8, 4) is 0 Å². The first-order valence-corrected chi connectivity index (χ1v) is 8.87. The molecule has 1 fully saturated rings. The lowest BCUT2D eigenvalue weighted by Gasteiger charge is -2.26. The van der Waals surface area contributed by atoms with Crippen LogP contribution in [0.5, 0.6) is 0 Å². The van der Waals surface area contributed by atoms with Gasteiger partial charge in [0.25, 0.3) is 0 Å². The lowest BCUT2D eigenvalue weighted by Crippen LogP contribution is -2.38. The molecule has 0 bridgehead atoms. The predicted octanol–water partition coefficient (Wildman–Crippen LogP) is 1.77. The van der Waals surface area contributed by atoms with Crippen LogP contribution in [0.25, 0.3) is 0 Å². The largest absolute Gasteiger partial charge is 0.619 e. The van der Waals surface area contributed by atoms with Crippen molar-refractivity contribution < 1.29 is 14.2 Å². The van der Waals surface area contributed by atoms with E-state index in [1.807, 2.05) is 19.9 Å². The molecule has 0 aromatic carbocycles. The molecule has 6 heteroatoms. The average Bonchev–Trinajstić information content (AvgIpc) is 2.54. The van der Waals surface area contributed by atoms with Gasteiger partial charge in [0.1, 0.15) is 0 Å². The molecule has 2 heterocycles. The SMILES string of the molecule is Cc1c(SCCCOCCN2CCOCC2)cc[n+]([O-])c1C. The molecule has 1 aromatic rings. The van der Waals surface area contributed by atoms with Gasteiger partial charge < -0.3 is 14.7 Å². The molecule has 1 aliphatic heterocycles. The average molecular weight is 326 g/mol. The van der Waals surface area contributed by atoms with Crippen molar-refractivity contribution in [2.75, 3.05) is 51.8 Å². The number of pyridine rings is 1. The molecule has 0 atom stereocenters. The van der Waals surface area contributed by atoms with Crippen molar-refractivity contribution in [3.63, 3.8) is 0 Å². The Kier molecular flexibility index (Phi) is 7.45. The number of morpholine rings is 1. The summed E-state index contributed by atoms with van der Waals surface area (Å²) < 4.78 is 11.9. The Hall–Kier alpha value is -0.820. The second-order valence-corrected chi connectivity index (χ2v) is 6.62. The third-order valence-electron chi connectivity index (χ3n) is 3.95. The summed E-state index contributed by atoms with van der Waals surface area (Å²) in [5, 5.41) is 11.4. The molecule has 0 N–H and O–H groups in total. The smallest absolute Gasteiger partial charge is 0.193 e. The van der Waals surface area contributed by atoms with E-state index in [4.69, 9.17) is 9.47 Å². The summed E-state index contributed by atoms with van der Waals surface area (Å²) in [6.07, 6.45) is 2.61. The second kappa shape index (κ2) is 9.35. The normalized spacial score (nSPS) is 16.1. The molecule has 2 rings (SSSR count). The molecule has 1 aliphatic rings. The van der Waals surface area contributed by atoms with Crippen LogP contribution in [-0.2, 0) is 9.47 Å². The molecule has 5 nitrogen and oxygen atoms in total. The number of nitrogens with zero attached hydrogens (tertiary/aromatic N) is 2. The van der Waals surface area contributed by atoms with Gasteiger partial charge in [-0.05, 0) is 13.3 Å². The van der Waals surface area contributed by atoms with E-state index in [0.29, 0.717) is 0 Å². The summed E-state index contributed by atoms with van der Waals surface area (Å²) in [5.41, 5.74) is 1.86. The number of hydrogen-bond acceptors (Lipinski definition) is 5. The van der Waals surface area contributed by atoms with E-state index < -0.39 is 0 Å². The van der Waals surface area contributed by atoms with Gasteiger partial charge in [-0.25, -0.2) is 0 Å². The van der Waals surface area contributed by atoms with Crippen LogP contribution in [0.1, 0.15) is 17.7 Å². The maximum atomic E-state index is 11.4. The van der Waals surface area contributed by atoms with Gasteiger partial charge in [0.05, 0.1) is 19.8 Å². The molecule has 0 aliphatic carbocycles. The zero-order chi connectivity index (χ0) is 15.8. The van der Waals surface area contributed by atoms with E-state index in [9.17, 15) is 5.21 Å². The summed E-state index contributed by atoms with van der Waals surface area (Å²) in [6.45, 7) is 10.2. The van der Waals surface area contributed by atoms with Crippen LogP contribution < -0.4 is 4.73 Å². The van der Waals surface area contributed by atoms with E-state index in [-0.39, 0.29) is 0 Å². The summed E-state index contributed by atoms with van der Waals surface area (Å²) in [7, 11) is 0. The predicted molar refractivity (Wildman–Crippen MR) is 88.3 cm³/mol. The zero-order valence-electron chi connectivity index (χ0n) is 13.5. The Morgan fingerprint density at radius 1 is 1.32 bits per heavy atom. The minimum atomic E-state index is 0.784. The fourth-order valence-electron chi connectivity index (χ4n) is 2.34. The highest BCUT2D eigenvalue weighted by Gasteiger charge is 2.10. The monoisotopic (exact) mass is 326 g/mol. The molecule has 0 unspecified atom stereocenters. The third-order valence-corrected chi connectivity index (χ3v) is 5.20. The zero-order valence-corrected chi connectivity index (χ0v) is 14.4. The quantitative estimate of drug-likeness (QED) is 0.315. The van der Waals surface area contributed by atoms with Crippen LogP contribution in [0.3, 0.4) is 0 Å². The lowest BCUT2D eigenvalue weighted by molar-refractivity contribution is -0.613. The van der Waals surface area contributed by atoms with Crippen molar-refractivity contribution >= 4 is 11.8 Å². The Morgan fingerprint density at radius 2 is 2.09 bits per heavy atom. The maximum Gasteiger partial charge on any atom is 0.193 e. The van der Waals surface area contributed by atoms with Crippen molar-refractivity contribution in [2.24, 2.45) is 0 Å². The van der Waals surface area contributed by atoms with Crippen LogP contribution >= 0.6 is 11.8 Å². The first-order chi connectivity index (χ1) is 10.7. The lowest BCUT2D eigenvalue weighted by atomic mass is 10.2. The van der Waals surface area contributed by atoms with Crippen molar-refractivity contribution in [1.29, 1.82) is 0 Å². The minimum absolute atomic E-state index is 0.784. The molecule has 0 saturated carbocycles. The molecule has 1 aromatic heterocycles. The first-order valence-electron chi connectivity index (χ1n) is 7.88. The van der Waals surface area contributed by atoms with E-state index in [0.717, 1.165) is 74.2 Å². The van der Waals surface area contributed by atoms with Crippen LogP contribution in [0.4, 0.5) is 0 Å². The van der Waals surface area contributed by atoms with Gasteiger partial charge in [-0.3, -0.25) is 4.90 Å². The molecule has 22 heavy (non-hydrogen) atoms. The highest BCUT2D eigenvalue weighted by molar-refractivity contribution is 7.99. The minimum Gasteiger partial charge on any atom is -0.619 e. The summed E-state index contributed by atoms with van der Waals surface area (Å²) in [6, 6.07) is 1.90. The number of hydrogen-bond donors (Lipinski definition) is 0.